The van der Waals surface area contributed by atoms with E-state index in [2.05, 4.69) is 17.6 Å². The van der Waals surface area contributed by atoms with Gasteiger partial charge in [0, 0.05) is 6.54 Å². The zero-order chi connectivity index (χ0) is 14.6. The average Bonchev–Trinajstić information content (AvgIpc) is 2.90. The van der Waals surface area contributed by atoms with E-state index in [1.165, 1.54) is 0 Å². The van der Waals surface area contributed by atoms with E-state index >= 15 is 0 Å². The monoisotopic (exact) mass is 282 g/mol. The van der Waals surface area contributed by atoms with Crippen LogP contribution in [0.25, 0.3) is 0 Å². The lowest BCUT2D eigenvalue weighted by atomic mass is 9.77. The summed E-state index contributed by atoms with van der Waals surface area (Å²) in [5, 5.41) is 15.7. The Morgan fingerprint density at radius 3 is 2.40 bits per heavy atom. The van der Waals surface area contributed by atoms with Crippen molar-refractivity contribution in [3.8, 4) is 0 Å². The molecule has 2 rings (SSSR count). The summed E-state index contributed by atoms with van der Waals surface area (Å²) in [5.41, 5.74) is -1.44. The van der Waals surface area contributed by atoms with Gasteiger partial charge in [0.15, 0.2) is 0 Å². The smallest absolute Gasteiger partial charge is 0.329 e. The Labute approximate surface area is 120 Å². The quantitative estimate of drug-likeness (QED) is 0.717. The van der Waals surface area contributed by atoms with Crippen LogP contribution in [0.5, 0.6) is 0 Å². The molecule has 20 heavy (non-hydrogen) atoms. The van der Waals surface area contributed by atoms with Crippen LogP contribution in [0.3, 0.4) is 0 Å². The summed E-state index contributed by atoms with van der Waals surface area (Å²) >= 11 is 0. The van der Waals surface area contributed by atoms with Crippen LogP contribution in [0.15, 0.2) is 0 Å². The van der Waals surface area contributed by atoms with Gasteiger partial charge in [0.2, 0.25) is 5.91 Å². The third-order valence-corrected chi connectivity index (χ3v) is 4.92. The fourth-order valence-electron chi connectivity index (χ4n) is 3.64. The Morgan fingerprint density at radius 2 is 1.90 bits per heavy atom. The molecule has 0 aromatic carbocycles. The molecule has 5 nitrogen and oxygen atoms in total. The summed E-state index contributed by atoms with van der Waals surface area (Å²) in [6, 6.07) is 0. The van der Waals surface area contributed by atoms with Gasteiger partial charge in [-0.3, -0.25) is 4.79 Å². The van der Waals surface area contributed by atoms with Crippen molar-refractivity contribution in [1.29, 1.82) is 0 Å². The van der Waals surface area contributed by atoms with Gasteiger partial charge in [-0.25, -0.2) is 4.79 Å². The normalized spacial score (nSPS) is 29.1. The molecule has 2 aliphatic rings. The molecule has 1 unspecified atom stereocenters. The lowest BCUT2D eigenvalue weighted by molar-refractivity contribution is -0.151. The van der Waals surface area contributed by atoms with E-state index in [0.717, 1.165) is 45.1 Å². The number of carboxylic acids is 1. The van der Waals surface area contributed by atoms with Crippen molar-refractivity contribution in [2.24, 2.45) is 5.41 Å². The molecule has 3 N–H and O–H groups in total. The van der Waals surface area contributed by atoms with E-state index in [0.29, 0.717) is 19.4 Å². The highest BCUT2D eigenvalue weighted by molar-refractivity contribution is 5.90. The van der Waals surface area contributed by atoms with Gasteiger partial charge in [-0.2, -0.15) is 0 Å². The van der Waals surface area contributed by atoms with Crippen molar-refractivity contribution in [2.45, 2.75) is 63.8 Å². The summed E-state index contributed by atoms with van der Waals surface area (Å²) in [5.74, 6) is -0.934. The Balaban J connectivity index is 2.13. The molecule has 0 bridgehead atoms. The molecular formula is C15H26N2O3. The van der Waals surface area contributed by atoms with Crippen LogP contribution in [0, 0.1) is 5.41 Å². The summed E-state index contributed by atoms with van der Waals surface area (Å²) in [4.78, 5) is 24.4. The molecule has 0 spiro atoms. The minimum absolute atomic E-state index is 0.0614. The van der Waals surface area contributed by atoms with Crippen molar-refractivity contribution < 1.29 is 14.7 Å². The van der Waals surface area contributed by atoms with Crippen LogP contribution < -0.4 is 10.6 Å². The molecule has 0 radical (unpaired) electrons. The second-order valence-electron chi connectivity index (χ2n) is 6.36. The average molecular weight is 282 g/mol. The number of hydrogen-bond acceptors (Lipinski definition) is 3. The predicted molar refractivity (Wildman–Crippen MR) is 76.4 cm³/mol. The third-order valence-electron chi connectivity index (χ3n) is 4.92. The lowest BCUT2D eigenvalue weighted by Crippen LogP contribution is -2.59. The van der Waals surface area contributed by atoms with E-state index in [1.807, 2.05) is 0 Å². The molecule has 1 aliphatic carbocycles. The SMILES string of the molecule is CCCC1(C(=O)NC2(C(=O)O)CCCCC2)CCNC1. The van der Waals surface area contributed by atoms with E-state index < -0.39 is 16.9 Å². The molecule has 1 atom stereocenters. The van der Waals surface area contributed by atoms with Gasteiger partial charge >= 0.3 is 5.97 Å². The molecule has 2 fully saturated rings. The molecule has 1 aliphatic heterocycles. The Morgan fingerprint density at radius 1 is 1.20 bits per heavy atom. The van der Waals surface area contributed by atoms with Gasteiger partial charge < -0.3 is 15.7 Å². The zero-order valence-corrected chi connectivity index (χ0v) is 12.3. The number of nitrogens with one attached hydrogen (secondary N) is 2. The highest BCUT2D eigenvalue weighted by atomic mass is 16.4. The van der Waals surface area contributed by atoms with Gasteiger partial charge in [-0.05, 0) is 32.2 Å². The largest absolute Gasteiger partial charge is 0.480 e. The third kappa shape index (κ3) is 2.82. The molecule has 0 aromatic rings. The first-order valence-corrected chi connectivity index (χ1v) is 7.81. The minimum Gasteiger partial charge on any atom is -0.480 e. The molecule has 0 aromatic heterocycles. The van der Waals surface area contributed by atoms with Crippen LogP contribution in [0.1, 0.15) is 58.3 Å². The number of carboxylic acid groups (broad SMARTS) is 1. The number of amides is 1. The first kappa shape index (κ1) is 15.3. The van der Waals surface area contributed by atoms with Crippen molar-refractivity contribution in [1.82, 2.24) is 10.6 Å². The maximum absolute atomic E-state index is 12.7. The van der Waals surface area contributed by atoms with Crippen molar-refractivity contribution in [3.05, 3.63) is 0 Å². The lowest BCUT2D eigenvalue weighted by Gasteiger charge is -2.37. The molecule has 1 saturated heterocycles. The van der Waals surface area contributed by atoms with Crippen LogP contribution in [0.2, 0.25) is 0 Å². The standard InChI is InChI=1S/C15H26N2O3/c1-2-6-14(9-10-16-11-14)12(18)17-15(13(19)20)7-4-3-5-8-15/h16H,2-11H2,1H3,(H,17,18)(H,19,20). The molecule has 1 heterocycles. The summed E-state index contributed by atoms with van der Waals surface area (Å²) in [6.07, 6.45) is 6.51. The van der Waals surface area contributed by atoms with Crippen molar-refractivity contribution in [3.63, 3.8) is 0 Å². The summed E-state index contributed by atoms with van der Waals surface area (Å²) in [6.45, 7) is 3.58. The topological polar surface area (TPSA) is 78.4 Å². The minimum atomic E-state index is -1.03. The Hall–Kier alpha value is -1.10. The number of carbonyl (C=O) groups is 2. The van der Waals surface area contributed by atoms with Crippen LogP contribution in [0.4, 0.5) is 0 Å². The van der Waals surface area contributed by atoms with Crippen LogP contribution in [-0.4, -0.2) is 35.6 Å². The van der Waals surface area contributed by atoms with Crippen molar-refractivity contribution in [2.75, 3.05) is 13.1 Å². The second-order valence-corrected chi connectivity index (χ2v) is 6.36. The highest BCUT2D eigenvalue weighted by Gasteiger charge is 2.47. The summed E-state index contributed by atoms with van der Waals surface area (Å²) in [7, 11) is 0. The zero-order valence-electron chi connectivity index (χ0n) is 12.3. The Kier molecular flexibility index (Phi) is 4.68. The highest BCUT2D eigenvalue weighted by Crippen LogP contribution is 2.34. The molecule has 114 valence electrons. The Bertz CT molecular complexity index is 369. The van der Waals surface area contributed by atoms with Gasteiger partial charge in [-0.1, -0.05) is 32.6 Å². The van der Waals surface area contributed by atoms with Gasteiger partial charge in [0.1, 0.15) is 5.54 Å². The maximum Gasteiger partial charge on any atom is 0.329 e. The van der Waals surface area contributed by atoms with E-state index in [-0.39, 0.29) is 5.91 Å². The maximum atomic E-state index is 12.7. The first-order valence-electron chi connectivity index (χ1n) is 7.81. The second kappa shape index (κ2) is 6.12. The number of carbonyl (C=O) groups excluding carboxylic acids is 1. The molecule has 5 heteroatoms. The number of rotatable bonds is 5. The van der Waals surface area contributed by atoms with Crippen molar-refractivity contribution >= 4 is 11.9 Å². The number of hydrogen-bond donors (Lipinski definition) is 3. The van der Waals surface area contributed by atoms with E-state index in [9.17, 15) is 14.7 Å². The van der Waals surface area contributed by atoms with Gasteiger partial charge in [-0.15, -0.1) is 0 Å². The molecular weight excluding hydrogens is 256 g/mol. The fraction of sp³-hybridized carbons (Fsp3) is 0.867. The van der Waals surface area contributed by atoms with Crippen LogP contribution >= 0.6 is 0 Å². The van der Waals surface area contributed by atoms with E-state index in [4.69, 9.17) is 0 Å². The molecule has 1 saturated carbocycles. The van der Waals surface area contributed by atoms with Gasteiger partial charge in [0.25, 0.3) is 0 Å². The fourth-order valence-corrected chi connectivity index (χ4v) is 3.64. The predicted octanol–water partition coefficient (Wildman–Crippen LogP) is 1.67. The van der Waals surface area contributed by atoms with Crippen LogP contribution in [-0.2, 0) is 9.59 Å². The van der Waals surface area contributed by atoms with E-state index in [1.54, 1.807) is 0 Å². The molecule has 1 amide bonds. The summed E-state index contributed by atoms with van der Waals surface area (Å²) < 4.78 is 0. The van der Waals surface area contributed by atoms with Gasteiger partial charge in [0.05, 0.1) is 5.41 Å². The number of aliphatic carboxylic acids is 1. The first-order chi connectivity index (χ1) is 9.55.